The lowest BCUT2D eigenvalue weighted by Gasteiger charge is -2.11. The van der Waals surface area contributed by atoms with Crippen LogP contribution in [0, 0.1) is 6.92 Å². The molecule has 0 unspecified atom stereocenters. The van der Waals surface area contributed by atoms with Crippen molar-refractivity contribution < 1.29 is 14.6 Å². The Balaban J connectivity index is 1.81. The molecule has 2 rings (SSSR count). The van der Waals surface area contributed by atoms with Gasteiger partial charge in [0, 0.05) is 23.6 Å². The predicted molar refractivity (Wildman–Crippen MR) is 99.0 cm³/mol. The highest BCUT2D eigenvalue weighted by molar-refractivity contribution is 7.80. The number of carbonyl (C=O) groups excluding carboxylic acids is 1. The highest BCUT2D eigenvalue weighted by atomic mass is 35.5. The molecule has 0 aliphatic rings. The van der Waals surface area contributed by atoms with E-state index in [1.54, 1.807) is 12.1 Å². The number of thiol groups is 1. The highest BCUT2D eigenvalue weighted by Gasteiger charge is 2.11. The molecule has 0 aliphatic carbocycles. The van der Waals surface area contributed by atoms with Gasteiger partial charge in [0.25, 0.3) is 5.91 Å². The maximum Gasteiger partial charge on any atom is 0.252 e. The summed E-state index contributed by atoms with van der Waals surface area (Å²) in [7, 11) is 0. The smallest absolute Gasteiger partial charge is 0.252 e. The number of ether oxygens (including phenoxy) is 1. The quantitative estimate of drug-likeness (QED) is 0.506. The van der Waals surface area contributed by atoms with Gasteiger partial charge in [-0.25, -0.2) is 0 Å². The van der Waals surface area contributed by atoms with Crippen LogP contribution < -0.4 is 10.1 Å². The van der Waals surface area contributed by atoms with Gasteiger partial charge in [-0.2, -0.15) is 0 Å². The van der Waals surface area contributed by atoms with Crippen LogP contribution in [0.2, 0.25) is 10.0 Å². The number of phenolic OH excluding ortho intramolecular Hbond substituents is 1. The fourth-order valence-electron chi connectivity index (χ4n) is 2.06. The molecule has 2 aromatic rings. The molecule has 0 bridgehead atoms. The fraction of sp³-hybridized carbons (Fsp3) is 0.235. The lowest BCUT2D eigenvalue weighted by molar-refractivity contribution is 0.0948. The molecule has 0 spiro atoms. The molecular formula is C17H17Cl2NO3S. The number of benzene rings is 2. The third-order valence-corrected chi connectivity index (χ3v) is 4.18. The van der Waals surface area contributed by atoms with Crippen LogP contribution in [0.25, 0.3) is 0 Å². The Morgan fingerprint density at radius 1 is 1.25 bits per heavy atom. The van der Waals surface area contributed by atoms with Gasteiger partial charge in [-0.3, -0.25) is 4.79 Å². The third-order valence-electron chi connectivity index (χ3n) is 3.23. The Morgan fingerprint density at radius 3 is 2.58 bits per heavy atom. The van der Waals surface area contributed by atoms with Crippen molar-refractivity contribution in [2.75, 3.05) is 13.2 Å². The maximum atomic E-state index is 12.1. The minimum atomic E-state index is -0.176. The first-order valence-corrected chi connectivity index (χ1v) is 8.47. The highest BCUT2D eigenvalue weighted by Crippen LogP contribution is 2.36. The van der Waals surface area contributed by atoms with Gasteiger partial charge in [0.15, 0.2) is 5.75 Å². The van der Waals surface area contributed by atoms with Crippen molar-refractivity contribution in [3.63, 3.8) is 0 Å². The Morgan fingerprint density at radius 2 is 1.92 bits per heavy atom. The van der Waals surface area contributed by atoms with Gasteiger partial charge in [0.05, 0.1) is 22.2 Å². The number of amides is 1. The summed E-state index contributed by atoms with van der Waals surface area (Å²) in [6, 6.07) is 8.21. The van der Waals surface area contributed by atoms with Gasteiger partial charge in [-0.1, -0.05) is 34.8 Å². The Labute approximate surface area is 156 Å². The molecule has 1 amide bonds. The van der Waals surface area contributed by atoms with Gasteiger partial charge in [-0.15, -0.1) is 12.6 Å². The number of aryl methyl sites for hydroxylation is 1. The van der Waals surface area contributed by atoms with Crippen molar-refractivity contribution in [2.24, 2.45) is 0 Å². The monoisotopic (exact) mass is 385 g/mol. The van der Waals surface area contributed by atoms with Crippen molar-refractivity contribution in [1.82, 2.24) is 5.32 Å². The van der Waals surface area contributed by atoms with E-state index in [1.807, 2.05) is 13.0 Å². The molecular weight excluding hydrogens is 369 g/mol. The number of rotatable bonds is 6. The predicted octanol–water partition coefficient (Wildman–Crippen LogP) is 4.50. The summed E-state index contributed by atoms with van der Waals surface area (Å²) in [4.78, 5) is 12.8. The second kappa shape index (κ2) is 8.51. The minimum absolute atomic E-state index is 0.0228. The number of aromatic hydroxyl groups is 1. The van der Waals surface area contributed by atoms with Crippen LogP contribution in [0.3, 0.4) is 0 Å². The average molecular weight is 386 g/mol. The van der Waals surface area contributed by atoms with Crippen molar-refractivity contribution in [3.8, 4) is 11.5 Å². The molecule has 0 saturated carbocycles. The van der Waals surface area contributed by atoms with Crippen LogP contribution in [0.5, 0.6) is 11.5 Å². The van der Waals surface area contributed by atoms with E-state index in [9.17, 15) is 9.90 Å². The molecule has 0 aliphatic heterocycles. The Hall–Kier alpha value is -1.56. The van der Waals surface area contributed by atoms with E-state index >= 15 is 0 Å². The van der Waals surface area contributed by atoms with Gasteiger partial charge in [0.2, 0.25) is 0 Å². The lowest BCUT2D eigenvalue weighted by Crippen LogP contribution is -2.26. The summed E-state index contributed by atoms with van der Waals surface area (Å²) in [6.45, 7) is 2.68. The third kappa shape index (κ3) is 4.97. The summed E-state index contributed by atoms with van der Waals surface area (Å²) in [6.07, 6.45) is 0.576. The second-order valence-electron chi connectivity index (χ2n) is 5.22. The van der Waals surface area contributed by atoms with Crippen LogP contribution in [0.4, 0.5) is 0 Å². The summed E-state index contributed by atoms with van der Waals surface area (Å²) >= 11 is 16.2. The average Bonchev–Trinajstić information content (AvgIpc) is 2.51. The molecule has 24 heavy (non-hydrogen) atoms. The van der Waals surface area contributed by atoms with E-state index in [-0.39, 0.29) is 21.7 Å². The topological polar surface area (TPSA) is 58.6 Å². The molecule has 4 nitrogen and oxygen atoms in total. The molecule has 2 aromatic carbocycles. The number of hydrogen-bond donors (Lipinski definition) is 3. The van der Waals surface area contributed by atoms with Crippen LogP contribution in [0.1, 0.15) is 22.3 Å². The molecule has 0 radical (unpaired) electrons. The molecule has 0 atom stereocenters. The van der Waals surface area contributed by atoms with E-state index in [1.165, 1.54) is 12.1 Å². The summed E-state index contributed by atoms with van der Waals surface area (Å²) in [5, 5.41) is 12.7. The van der Waals surface area contributed by atoms with Crippen molar-refractivity contribution in [1.29, 1.82) is 0 Å². The second-order valence-corrected chi connectivity index (χ2v) is 6.51. The first-order valence-electron chi connectivity index (χ1n) is 7.27. The zero-order valence-corrected chi connectivity index (χ0v) is 15.4. The van der Waals surface area contributed by atoms with E-state index < -0.39 is 0 Å². The largest absolute Gasteiger partial charge is 0.508 e. The number of phenols is 1. The minimum Gasteiger partial charge on any atom is -0.508 e. The van der Waals surface area contributed by atoms with Crippen LogP contribution in [-0.2, 0) is 0 Å². The van der Waals surface area contributed by atoms with E-state index in [2.05, 4.69) is 17.9 Å². The Bertz CT molecular complexity index is 730. The standard InChI is InChI=1S/C17H17Cl2NO3S/c1-10-3-4-15(24)12(7-10)17(22)20-5-2-6-23-16-13(18)8-11(21)9-14(16)19/h3-4,7-9,21,24H,2,5-6H2,1H3,(H,20,22). The summed E-state index contributed by atoms with van der Waals surface area (Å²) in [5.74, 6) is 0.119. The van der Waals surface area contributed by atoms with Crippen LogP contribution in [-0.4, -0.2) is 24.2 Å². The van der Waals surface area contributed by atoms with Gasteiger partial charge in [0.1, 0.15) is 5.75 Å². The number of carbonyl (C=O) groups is 1. The molecule has 0 heterocycles. The van der Waals surface area contributed by atoms with Gasteiger partial charge in [-0.05, 0) is 25.5 Å². The molecule has 0 saturated heterocycles. The zero-order valence-electron chi connectivity index (χ0n) is 13.0. The first-order chi connectivity index (χ1) is 11.4. The zero-order chi connectivity index (χ0) is 17.7. The van der Waals surface area contributed by atoms with Crippen LogP contribution >= 0.6 is 35.8 Å². The number of halogens is 2. The SMILES string of the molecule is Cc1ccc(S)c(C(=O)NCCCOc2c(Cl)cc(O)cc2Cl)c1. The van der Waals surface area contributed by atoms with Gasteiger partial charge >= 0.3 is 0 Å². The number of hydrogen-bond acceptors (Lipinski definition) is 4. The van der Waals surface area contributed by atoms with E-state index in [4.69, 9.17) is 27.9 Å². The molecule has 128 valence electrons. The summed E-state index contributed by atoms with van der Waals surface area (Å²) in [5.41, 5.74) is 1.54. The van der Waals surface area contributed by atoms with Crippen LogP contribution in [0.15, 0.2) is 35.2 Å². The van der Waals surface area contributed by atoms with Crippen molar-refractivity contribution in [3.05, 3.63) is 51.5 Å². The lowest BCUT2D eigenvalue weighted by atomic mass is 10.1. The molecule has 0 aromatic heterocycles. The summed E-state index contributed by atoms with van der Waals surface area (Å²) < 4.78 is 5.51. The van der Waals surface area contributed by atoms with E-state index in [0.29, 0.717) is 35.8 Å². The fourth-order valence-corrected chi connectivity index (χ4v) is 2.88. The Kier molecular flexibility index (Phi) is 6.66. The number of nitrogens with one attached hydrogen (secondary N) is 1. The molecule has 0 fully saturated rings. The van der Waals surface area contributed by atoms with Gasteiger partial charge < -0.3 is 15.2 Å². The van der Waals surface area contributed by atoms with Crippen molar-refractivity contribution in [2.45, 2.75) is 18.2 Å². The van der Waals surface area contributed by atoms with E-state index in [0.717, 1.165) is 5.56 Å². The maximum absolute atomic E-state index is 12.1. The molecule has 2 N–H and O–H groups in total. The molecule has 7 heteroatoms. The normalized spacial score (nSPS) is 10.5. The van der Waals surface area contributed by atoms with Crippen molar-refractivity contribution >= 4 is 41.7 Å². The first kappa shape index (κ1) is 18.8.